The number of aliphatic hydroxyl groups is 1. The SMILES string of the molecule is CCCN(CCC)C(=O)C1=Cc2ccc(-c3ccc4c(=O)n(CCO)c(=O)n(C)c4c3)cc2N=C(N)C1. The number of aliphatic hydroxyl groups excluding tert-OH is 1. The second-order valence-corrected chi connectivity index (χ2v) is 9.27. The van der Waals surface area contributed by atoms with Crippen LogP contribution in [-0.2, 0) is 18.4 Å². The number of amides is 1. The molecule has 0 saturated heterocycles. The number of aliphatic imine (C=N–C) groups is 1. The maximum atomic E-state index is 13.2. The lowest BCUT2D eigenvalue weighted by Gasteiger charge is -2.22. The number of aryl methyl sites for hydroxylation is 1. The smallest absolute Gasteiger partial charge is 0.331 e. The standard InChI is InChI=1S/C28H33N5O4/c1-4-10-32(11-5-2)26(35)21-14-20-7-6-18(15-23(20)30-25(29)17-21)19-8-9-22-24(16-19)31(3)28(37)33(12-13-34)27(22)36/h6-9,14-16,34H,4-5,10-13,17H2,1-3H3,(H2,29,30). The molecule has 37 heavy (non-hydrogen) atoms. The van der Waals surface area contributed by atoms with E-state index in [2.05, 4.69) is 18.8 Å². The quantitative estimate of drug-likeness (QED) is 0.489. The number of nitrogens with zero attached hydrogens (tertiary/aromatic N) is 4. The van der Waals surface area contributed by atoms with E-state index in [1.165, 1.54) is 4.57 Å². The Labute approximate surface area is 215 Å². The molecular weight excluding hydrogens is 470 g/mol. The summed E-state index contributed by atoms with van der Waals surface area (Å²) in [6.45, 7) is 5.15. The molecule has 3 aromatic rings. The zero-order chi connectivity index (χ0) is 26.7. The zero-order valence-electron chi connectivity index (χ0n) is 21.5. The summed E-state index contributed by atoms with van der Waals surface area (Å²) >= 11 is 0. The summed E-state index contributed by atoms with van der Waals surface area (Å²) in [6, 6.07) is 11.0. The van der Waals surface area contributed by atoms with Crippen molar-refractivity contribution in [2.75, 3.05) is 19.7 Å². The fourth-order valence-electron chi connectivity index (χ4n) is 4.75. The van der Waals surface area contributed by atoms with Gasteiger partial charge < -0.3 is 15.7 Å². The molecule has 0 aliphatic carbocycles. The van der Waals surface area contributed by atoms with Gasteiger partial charge in [-0.2, -0.15) is 0 Å². The fraction of sp³-hybridized carbons (Fsp3) is 0.357. The van der Waals surface area contributed by atoms with Crippen LogP contribution in [0.5, 0.6) is 0 Å². The third-order valence-electron chi connectivity index (χ3n) is 6.55. The molecule has 0 radical (unpaired) electrons. The first-order valence-electron chi connectivity index (χ1n) is 12.6. The maximum Gasteiger partial charge on any atom is 0.331 e. The first-order valence-corrected chi connectivity index (χ1v) is 12.6. The normalized spacial score (nSPS) is 13.1. The molecule has 1 aromatic heterocycles. The highest BCUT2D eigenvalue weighted by molar-refractivity contribution is 6.05. The van der Waals surface area contributed by atoms with Crippen molar-refractivity contribution in [3.8, 4) is 11.1 Å². The molecule has 9 heteroatoms. The molecule has 194 valence electrons. The van der Waals surface area contributed by atoms with E-state index in [1.54, 1.807) is 19.2 Å². The first kappa shape index (κ1) is 26.1. The van der Waals surface area contributed by atoms with Crippen molar-refractivity contribution in [3.63, 3.8) is 0 Å². The van der Waals surface area contributed by atoms with Crippen LogP contribution in [-0.4, -0.2) is 50.6 Å². The Balaban J connectivity index is 1.76. The van der Waals surface area contributed by atoms with Gasteiger partial charge in [-0.05, 0) is 48.2 Å². The van der Waals surface area contributed by atoms with Gasteiger partial charge >= 0.3 is 5.69 Å². The minimum absolute atomic E-state index is 0.0129. The van der Waals surface area contributed by atoms with Crippen LogP contribution in [0.4, 0.5) is 5.69 Å². The van der Waals surface area contributed by atoms with Gasteiger partial charge in [0.2, 0.25) is 5.91 Å². The van der Waals surface area contributed by atoms with Crippen molar-refractivity contribution in [1.82, 2.24) is 14.0 Å². The topological polar surface area (TPSA) is 123 Å². The van der Waals surface area contributed by atoms with Gasteiger partial charge in [-0.25, -0.2) is 9.79 Å². The lowest BCUT2D eigenvalue weighted by molar-refractivity contribution is -0.127. The molecule has 2 aromatic carbocycles. The lowest BCUT2D eigenvalue weighted by atomic mass is 10.00. The largest absolute Gasteiger partial charge is 0.395 e. The Morgan fingerprint density at radius 1 is 1.08 bits per heavy atom. The van der Waals surface area contributed by atoms with E-state index < -0.39 is 11.2 Å². The molecule has 1 amide bonds. The van der Waals surface area contributed by atoms with Crippen LogP contribution < -0.4 is 17.0 Å². The van der Waals surface area contributed by atoms with E-state index in [-0.39, 0.29) is 25.5 Å². The monoisotopic (exact) mass is 503 g/mol. The summed E-state index contributed by atoms with van der Waals surface area (Å²) in [5, 5.41) is 9.62. The number of fused-ring (bicyclic) bond motifs is 2. The van der Waals surface area contributed by atoms with E-state index in [0.29, 0.717) is 41.1 Å². The van der Waals surface area contributed by atoms with Crippen molar-refractivity contribution in [3.05, 3.63) is 68.4 Å². The average Bonchev–Trinajstić information content (AvgIpc) is 3.06. The Hall–Kier alpha value is -3.98. The van der Waals surface area contributed by atoms with E-state index in [4.69, 9.17) is 5.73 Å². The number of benzene rings is 2. The summed E-state index contributed by atoms with van der Waals surface area (Å²) in [4.78, 5) is 45.1. The highest BCUT2D eigenvalue weighted by Crippen LogP contribution is 2.32. The Morgan fingerprint density at radius 2 is 1.76 bits per heavy atom. The van der Waals surface area contributed by atoms with Gasteiger partial charge in [-0.15, -0.1) is 0 Å². The van der Waals surface area contributed by atoms with E-state index in [9.17, 15) is 19.5 Å². The van der Waals surface area contributed by atoms with Crippen molar-refractivity contribution >= 4 is 34.4 Å². The second kappa shape index (κ2) is 11.0. The zero-order valence-corrected chi connectivity index (χ0v) is 21.5. The molecule has 0 fully saturated rings. The molecule has 4 rings (SSSR count). The summed E-state index contributed by atoms with van der Waals surface area (Å²) < 4.78 is 2.45. The van der Waals surface area contributed by atoms with Crippen molar-refractivity contribution in [2.24, 2.45) is 17.8 Å². The van der Waals surface area contributed by atoms with Crippen LogP contribution >= 0.6 is 0 Å². The molecule has 0 unspecified atom stereocenters. The Kier molecular flexibility index (Phi) is 7.73. The lowest BCUT2D eigenvalue weighted by Crippen LogP contribution is -2.39. The molecule has 3 N–H and O–H groups in total. The molecular formula is C28H33N5O4. The molecule has 0 atom stereocenters. The minimum Gasteiger partial charge on any atom is -0.395 e. The fourth-order valence-corrected chi connectivity index (χ4v) is 4.75. The number of carbonyl (C=O) groups is 1. The first-order chi connectivity index (χ1) is 17.8. The number of rotatable bonds is 8. The van der Waals surface area contributed by atoms with Gasteiger partial charge in [0.05, 0.1) is 29.7 Å². The van der Waals surface area contributed by atoms with Crippen LogP contribution in [0, 0.1) is 0 Å². The third-order valence-corrected chi connectivity index (χ3v) is 6.55. The highest BCUT2D eigenvalue weighted by Gasteiger charge is 2.21. The number of hydrogen-bond donors (Lipinski definition) is 2. The van der Waals surface area contributed by atoms with Crippen molar-refractivity contribution < 1.29 is 9.90 Å². The van der Waals surface area contributed by atoms with Crippen LogP contribution in [0.1, 0.15) is 38.7 Å². The van der Waals surface area contributed by atoms with Crippen molar-refractivity contribution in [1.29, 1.82) is 0 Å². The van der Waals surface area contributed by atoms with Gasteiger partial charge in [0.1, 0.15) is 5.84 Å². The van der Waals surface area contributed by atoms with Crippen LogP contribution in [0.25, 0.3) is 28.1 Å². The number of hydrogen-bond acceptors (Lipinski definition) is 6. The van der Waals surface area contributed by atoms with E-state index >= 15 is 0 Å². The molecule has 1 aliphatic rings. The van der Waals surface area contributed by atoms with Crippen LogP contribution in [0.15, 0.2) is 56.6 Å². The summed E-state index contributed by atoms with van der Waals surface area (Å²) in [6.07, 6.45) is 3.92. The number of carbonyl (C=O) groups excluding carboxylic acids is 1. The van der Waals surface area contributed by atoms with Gasteiger partial charge in [0.25, 0.3) is 5.56 Å². The maximum absolute atomic E-state index is 13.2. The van der Waals surface area contributed by atoms with Gasteiger partial charge in [-0.3, -0.25) is 18.7 Å². The number of amidine groups is 1. The molecule has 0 spiro atoms. The Morgan fingerprint density at radius 3 is 2.43 bits per heavy atom. The molecule has 9 nitrogen and oxygen atoms in total. The van der Waals surface area contributed by atoms with Gasteiger partial charge in [-0.1, -0.05) is 32.0 Å². The predicted octanol–water partition coefficient (Wildman–Crippen LogP) is 2.78. The summed E-state index contributed by atoms with van der Waals surface area (Å²) in [7, 11) is 1.60. The highest BCUT2D eigenvalue weighted by atomic mass is 16.3. The van der Waals surface area contributed by atoms with Gasteiger partial charge in [0, 0.05) is 37.7 Å². The minimum atomic E-state index is -0.481. The third kappa shape index (κ3) is 5.13. The second-order valence-electron chi connectivity index (χ2n) is 9.27. The Bertz CT molecular complexity index is 1520. The van der Waals surface area contributed by atoms with Crippen LogP contribution in [0.2, 0.25) is 0 Å². The average molecular weight is 504 g/mol. The van der Waals surface area contributed by atoms with E-state index in [0.717, 1.165) is 34.1 Å². The molecule has 1 aliphatic heterocycles. The summed E-state index contributed by atoms with van der Waals surface area (Å²) in [5.41, 5.74) is 9.54. The number of nitrogens with two attached hydrogens (primary N) is 1. The van der Waals surface area contributed by atoms with E-state index in [1.807, 2.05) is 35.2 Å². The van der Waals surface area contributed by atoms with Crippen LogP contribution in [0.3, 0.4) is 0 Å². The van der Waals surface area contributed by atoms with Gasteiger partial charge in [0.15, 0.2) is 0 Å². The molecule has 2 heterocycles. The number of aromatic nitrogens is 2. The molecule has 0 bridgehead atoms. The molecule has 0 saturated carbocycles. The predicted molar refractivity (Wildman–Crippen MR) is 147 cm³/mol. The van der Waals surface area contributed by atoms with Crippen molar-refractivity contribution in [2.45, 2.75) is 39.7 Å². The summed E-state index contributed by atoms with van der Waals surface area (Å²) in [5.74, 6) is 0.356.